The molecule has 0 saturated carbocycles. The molecular formula is C29H26BrNO3. The average Bonchev–Trinajstić information content (AvgIpc) is 2.87. The van der Waals surface area contributed by atoms with Gasteiger partial charge in [0.25, 0.3) is 0 Å². The highest BCUT2D eigenvalue weighted by molar-refractivity contribution is 9.10. The van der Waals surface area contributed by atoms with Gasteiger partial charge in [-0.1, -0.05) is 107 Å². The summed E-state index contributed by atoms with van der Waals surface area (Å²) in [6, 6.07) is 36.5. The summed E-state index contributed by atoms with van der Waals surface area (Å²) in [5.41, 5.74) is 2.08. The fraction of sp³-hybridized carbons (Fsp3) is 0.138. The Labute approximate surface area is 208 Å². The van der Waals surface area contributed by atoms with E-state index in [9.17, 15) is 9.90 Å². The zero-order chi connectivity index (χ0) is 24.0. The van der Waals surface area contributed by atoms with Crippen LogP contribution < -0.4 is 4.74 Å². The molecule has 0 fully saturated rings. The van der Waals surface area contributed by atoms with Gasteiger partial charge < -0.3 is 9.84 Å². The SMILES string of the molecule is CN(C(COc1ccc(Br)cc1)C(=O)O)C(c1ccccc1)(c1ccccc1)c1ccccc1. The van der Waals surface area contributed by atoms with Gasteiger partial charge in [-0.2, -0.15) is 0 Å². The second-order valence-electron chi connectivity index (χ2n) is 8.04. The van der Waals surface area contributed by atoms with Crippen LogP contribution in [0.3, 0.4) is 0 Å². The molecule has 1 unspecified atom stereocenters. The van der Waals surface area contributed by atoms with E-state index in [0.717, 1.165) is 21.2 Å². The summed E-state index contributed by atoms with van der Waals surface area (Å²) in [5.74, 6) is -0.334. The third-order valence-corrected chi connectivity index (χ3v) is 6.61. The molecule has 5 heteroatoms. The van der Waals surface area contributed by atoms with Crippen LogP contribution in [-0.4, -0.2) is 35.7 Å². The molecule has 4 aromatic carbocycles. The van der Waals surface area contributed by atoms with Crippen molar-refractivity contribution in [3.63, 3.8) is 0 Å². The van der Waals surface area contributed by atoms with Gasteiger partial charge in [0.05, 0.1) is 5.54 Å². The molecule has 1 N–H and O–H groups in total. The number of aliphatic carboxylic acids is 1. The van der Waals surface area contributed by atoms with Crippen LogP contribution in [0, 0.1) is 0 Å². The van der Waals surface area contributed by atoms with Crippen LogP contribution in [-0.2, 0) is 10.3 Å². The molecule has 0 aliphatic heterocycles. The van der Waals surface area contributed by atoms with Crippen molar-refractivity contribution in [2.45, 2.75) is 11.6 Å². The van der Waals surface area contributed by atoms with E-state index in [2.05, 4.69) is 15.9 Å². The highest BCUT2D eigenvalue weighted by Gasteiger charge is 2.45. The van der Waals surface area contributed by atoms with E-state index in [4.69, 9.17) is 4.74 Å². The van der Waals surface area contributed by atoms with Crippen LogP contribution in [0.5, 0.6) is 5.75 Å². The second-order valence-corrected chi connectivity index (χ2v) is 8.95. The highest BCUT2D eigenvalue weighted by Crippen LogP contribution is 2.42. The molecule has 0 saturated heterocycles. The van der Waals surface area contributed by atoms with E-state index >= 15 is 0 Å². The van der Waals surface area contributed by atoms with Gasteiger partial charge in [0.15, 0.2) is 0 Å². The molecular weight excluding hydrogens is 490 g/mol. The summed E-state index contributed by atoms with van der Waals surface area (Å²) in [4.78, 5) is 14.5. The second kappa shape index (κ2) is 10.7. The maximum atomic E-state index is 12.6. The van der Waals surface area contributed by atoms with Crippen LogP contribution in [0.15, 0.2) is 120 Å². The Morgan fingerprint density at radius 2 is 1.21 bits per heavy atom. The summed E-state index contributed by atoms with van der Waals surface area (Å²) >= 11 is 3.42. The number of ether oxygens (including phenoxy) is 1. The molecule has 1 atom stereocenters. The smallest absolute Gasteiger partial charge is 0.324 e. The van der Waals surface area contributed by atoms with Crippen LogP contribution in [0.25, 0.3) is 0 Å². The monoisotopic (exact) mass is 515 g/mol. The Hall–Kier alpha value is -3.41. The van der Waals surface area contributed by atoms with Gasteiger partial charge in [-0.15, -0.1) is 0 Å². The Bertz CT molecular complexity index is 1100. The number of likely N-dealkylation sites (N-methyl/N-ethyl adjacent to an activating group) is 1. The lowest BCUT2D eigenvalue weighted by Gasteiger charge is -2.46. The standard InChI is InChI=1S/C29H26BrNO3/c1-31(27(28(32)33)21-34-26-19-17-25(30)18-20-26)29(22-11-5-2-6-12-22,23-13-7-3-8-14-23)24-15-9-4-10-16-24/h2-20,27H,21H2,1H3,(H,32,33). The predicted octanol–water partition coefficient (Wildman–Crippen LogP) is 6.21. The number of nitrogens with zero attached hydrogens (tertiary/aromatic N) is 1. The minimum Gasteiger partial charge on any atom is -0.491 e. The molecule has 4 nitrogen and oxygen atoms in total. The molecule has 172 valence electrons. The van der Waals surface area contributed by atoms with Gasteiger partial charge in [-0.3, -0.25) is 9.69 Å². The number of carboxylic acids is 1. The number of halogens is 1. The lowest BCUT2D eigenvalue weighted by molar-refractivity contribution is -0.145. The van der Waals surface area contributed by atoms with Gasteiger partial charge in [0.2, 0.25) is 0 Å². The van der Waals surface area contributed by atoms with E-state index in [1.165, 1.54) is 0 Å². The van der Waals surface area contributed by atoms with Crippen LogP contribution in [0.1, 0.15) is 16.7 Å². The molecule has 0 aliphatic rings. The molecule has 0 heterocycles. The van der Waals surface area contributed by atoms with Crippen molar-refractivity contribution in [2.75, 3.05) is 13.7 Å². The molecule has 0 amide bonds. The number of hydrogen-bond donors (Lipinski definition) is 1. The van der Waals surface area contributed by atoms with E-state index in [-0.39, 0.29) is 6.61 Å². The van der Waals surface area contributed by atoms with E-state index in [0.29, 0.717) is 5.75 Å². The van der Waals surface area contributed by atoms with Crippen molar-refractivity contribution in [1.82, 2.24) is 4.90 Å². The number of carbonyl (C=O) groups is 1. The first-order valence-electron chi connectivity index (χ1n) is 11.0. The first kappa shape index (κ1) is 23.7. The number of hydrogen-bond acceptors (Lipinski definition) is 3. The maximum Gasteiger partial charge on any atom is 0.324 e. The summed E-state index contributed by atoms with van der Waals surface area (Å²) < 4.78 is 6.90. The topological polar surface area (TPSA) is 49.8 Å². The Morgan fingerprint density at radius 3 is 1.59 bits per heavy atom. The summed E-state index contributed by atoms with van der Waals surface area (Å²) in [6.07, 6.45) is 0. The average molecular weight is 516 g/mol. The first-order chi connectivity index (χ1) is 16.5. The minimum absolute atomic E-state index is 0.0122. The van der Waals surface area contributed by atoms with Crippen molar-refractivity contribution in [1.29, 1.82) is 0 Å². The van der Waals surface area contributed by atoms with Crippen molar-refractivity contribution < 1.29 is 14.6 Å². The van der Waals surface area contributed by atoms with E-state index in [1.54, 1.807) is 0 Å². The Balaban J connectivity index is 1.85. The van der Waals surface area contributed by atoms with Crippen LogP contribution in [0.2, 0.25) is 0 Å². The molecule has 0 bridgehead atoms. The molecule has 0 aromatic heterocycles. The number of rotatable bonds is 9. The molecule has 4 aromatic rings. The maximum absolute atomic E-state index is 12.6. The lowest BCUT2D eigenvalue weighted by Crippen LogP contribution is -2.55. The summed E-state index contributed by atoms with van der Waals surface area (Å²) in [6.45, 7) is -0.0122. The zero-order valence-corrected chi connectivity index (χ0v) is 20.4. The molecule has 4 rings (SSSR count). The predicted molar refractivity (Wildman–Crippen MR) is 138 cm³/mol. The van der Waals surface area contributed by atoms with E-state index in [1.807, 2.05) is 127 Å². The number of benzene rings is 4. The summed E-state index contributed by atoms with van der Waals surface area (Å²) in [5, 5.41) is 10.3. The fourth-order valence-corrected chi connectivity index (χ4v) is 4.70. The Morgan fingerprint density at radius 1 is 0.794 bits per heavy atom. The van der Waals surface area contributed by atoms with E-state index < -0.39 is 17.6 Å². The van der Waals surface area contributed by atoms with Crippen molar-refractivity contribution in [2.24, 2.45) is 0 Å². The molecule has 0 radical (unpaired) electrons. The lowest BCUT2D eigenvalue weighted by atomic mass is 9.75. The zero-order valence-electron chi connectivity index (χ0n) is 18.8. The van der Waals surface area contributed by atoms with Crippen molar-refractivity contribution in [3.8, 4) is 5.75 Å². The van der Waals surface area contributed by atoms with Gasteiger partial charge in [0, 0.05) is 4.47 Å². The van der Waals surface area contributed by atoms with Crippen LogP contribution >= 0.6 is 15.9 Å². The molecule has 34 heavy (non-hydrogen) atoms. The normalized spacial score (nSPS) is 12.3. The van der Waals surface area contributed by atoms with Crippen molar-refractivity contribution in [3.05, 3.63) is 136 Å². The van der Waals surface area contributed by atoms with Crippen LogP contribution in [0.4, 0.5) is 0 Å². The minimum atomic E-state index is -0.952. The highest BCUT2D eigenvalue weighted by atomic mass is 79.9. The van der Waals surface area contributed by atoms with Gasteiger partial charge in [-0.25, -0.2) is 0 Å². The fourth-order valence-electron chi connectivity index (χ4n) is 4.44. The quantitative estimate of drug-likeness (QED) is 0.269. The molecule has 0 aliphatic carbocycles. The Kier molecular flexibility index (Phi) is 7.46. The summed E-state index contributed by atoms with van der Waals surface area (Å²) in [7, 11) is 1.86. The van der Waals surface area contributed by atoms with Crippen molar-refractivity contribution >= 4 is 21.9 Å². The van der Waals surface area contributed by atoms with Gasteiger partial charge in [0.1, 0.15) is 18.4 Å². The van der Waals surface area contributed by atoms with Gasteiger partial charge in [-0.05, 0) is 48.0 Å². The third kappa shape index (κ3) is 4.76. The largest absolute Gasteiger partial charge is 0.491 e. The molecule has 0 spiro atoms. The first-order valence-corrected chi connectivity index (χ1v) is 11.8. The van der Waals surface area contributed by atoms with Gasteiger partial charge >= 0.3 is 5.97 Å². The third-order valence-electron chi connectivity index (χ3n) is 6.08. The number of carboxylic acid groups (broad SMARTS) is 1.